The molecule has 0 fully saturated rings. The van der Waals surface area contributed by atoms with E-state index in [-0.39, 0.29) is 19.0 Å². The van der Waals surface area contributed by atoms with Crippen LogP contribution in [0.15, 0.2) is 87.8 Å². The third-order valence-electron chi connectivity index (χ3n) is 6.72. The van der Waals surface area contributed by atoms with E-state index in [4.69, 9.17) is 30.5 Å². The SMILES string of the molecule is CCOC(=O)C1=C(C)N=c2s/c(=C\c3ccc(OCc4ccc5c(c4)OCO5)cc3)c(=O)n2[C@@H]1c1ccc(Cl)cc1. The van der Waals surface area contributed by atoms with Crippen molar-refractivity contribution < 1.29 is 23.7 Å². The lowest BCUT2D eigenvalue weighted by Gasteiger charge is -2.24. The average Bonchev–Trinajstić information content (AvgIpc) is 3.56. The predicted molar refractivity (Wildman–Crippen MR) is 155 cm³/mol. The smallest absolute Gasteiger partial charge is 0.338 e. The highest BCUT2D eigenvalue weighted by Crippen LogP contribution is 2.33. The Hall–Kier alpha value is -4.34. The van der Waals surface area contributed by atoms with Crippen molar-refractivity contribution in [2.45, 2.75) is 26.5 Å². The molecule has 0 saturated carbocycles. The molecule has 1 aromatic heterocycles. The molecule has 3 aromatic carbocycles. The Labute approximate surface area is 244 Å². The van der Waals surface area contributed by atoms with Gasteiger partial charge in [-0.2, -0.15) is 0 Å². The molecule has 0 radical (unpaired) electrons. The summed E-state index contributed by atoms with van der Waals surface area (Å²) < 4.78 is 24.1. The monoisotopic (exact) mass is 588 g/mol. The van der Waals surface area contributed by atoms with E-state index in [0.717, 1.165) is 22.4 Å². The maximum absolute atomic E-state index is 13.7. The first-order valence-corrected chi connectivity index (χ1v) is 14.2. The minimum atomic E-state index is -0.684. The summed E-state index contributed by atoms with van der Waals surface area (Å²) in [5, 5.41) is 0.558. The minimum Gasteiger partial charge on any atom is -0.489 e. The molecule has 3 heterocycles. The van der Waals surface area contributed by atoms with Crippen molar-refractivity contribution in [3.63, 3.8) is 0 Å². The van der Waals surface area contributed by atoms with Gasteiger partial charge in [0.25, 0.3) is 5.56 Å². The van der Waals surface area contributed by atoms with E-state index in [1.54, 1.807) is 30.5 Å². The van der Waals surface area contributed by atoms with Gasteiger partial charge in [-0.15, -0.1) is 0 Å². The molecule has 2 aliphatic heterocycles. The van der Waals surface area contributed by atoms with Gasteiger partial charge >= 0.3 is 5.97 Å². The van der Waals surface area contributed by atoms with E-state index in [0.29, 0.717) is 43.7 Å². The number of rotatable bonds is 7. The molecule has 6 rings (SSSR count). The standard InChI is InChI=1S/C31H25ClN2O6S/c1-3-37-30(36)27-18(2)33-31-34(28(27)21-7-9-22(32)10-8-21)29(35)26(41-31)15-19-4-11-23(12-5-19)38-16-20-6-13-24-25(14-20)40-17-39-24/h4-15,28H,3,16-17H2,1-2H3/b26-15-/t28-/m1/s1. The number of thiazole rings is 1. The molecule has 2 aliphatic rings. The van der Waals surface area contributed by atoms with Crippen LogP contribution >= 0.6 is 22.9 Å². The number of hydrogen-bond donors (Lipinski definition) is 0. The van der Waals surface area contributed by atoms with Crippen LogP contribution in [-0.2, 0) is 16.1 Å². The number of carbonyl (C=O) groups excluding carboxylic acids is 1. The lowest BCUT2D eigenvalue weighted by molar-refractivity contribution is -0.139. The molecular weight excluding hydrogens is 564 g/mol. The summed E-state index contributed by atoms with van der Waals surface area (Å²) in [6, 6.07) is 19.6. The van der Waals surface area contributed by atoms with E-state index >= 15 is 0 Å². The highest BCUT2D eigenvalue weighted by Gasteiger charge is 2.33. The van der Waals surface area contributed by atoms with Crippen molar-refractivity contribution in [3.8, 4) is 17.2 Å². The van der Waals surface area contributed by atoms with E-state index in [1.807, 2.05) is 60.7 Å². The summed E-state index contributed by atoms with van der Waals surface area (Å²) >= 11 is 7.40. The summed E-state index contributed by atoms with van der Waals surface area (Å²) in [4.78, 5) is 31.9. The van der Waals surface area contributed by atoms with Crippen LogP contribution in [0, 0.1) is 0 Å². The van der Waals surface area contributed by atoms with Gasteiger partial charge in [-0.25, -0.2) is 9.79 Å². The fraction of sp³-hybridized carbons (Fsp3) is 0.194. The molecule has 208 valence electrons. The topological polar surface area (TPSA) is 88.4 Å². The molecule has 0 bridgehead atoms. The van der Waals surface area contributed by atoms with E-state index in [1.165, 1.54) is 11.3 Å². The first-order valence-electron chi connectivity index (χ1n) is 13.0. The first-order chi connectivity index (χ1) is 19.9. The van der Waals surface area contributed by atoms with Gasteiger partial charge in [0.2, 0.25) is 6.79 Å². The normalized spacial score (nSPS) is 15.9. The maximum Gasteiger partial charge on any atom is 0.338 e. The zero-order valence-electron chi connectivity index (χ0n) is 22.3. The number of fused-ring (bicyclic) bond motifs is 2. The van der Waals surface area contributed by atoms with E-state index in [9.17, 15) is 9.59 Å². The number of hydrogen-bond acceptors (Lipinski definition) is 8. The van der Waals surface area contributed by atoms with Gasteiger partial charge < -0.3 is 18.9 Å². The lowest BCUT2D eigenvalue weighted by atomic mass is 9.96. The van der Waals surface area contributed by atoms with Crippen molar-refractivity contribution >= 4 is 35.0 Å². The fourth-order valence-electron chi connectivity index (χ4n) is 4.76. The Kier molecular flexibility index (Phi) is 7.38. The molecule has 8 nitrogen and oxygen atoms in total. The Morgan fingerprint density at radius 3 is 2.61 bits per heavy atom. The Bertz CT molecular complexity index is 1840. The number of halogens is 1. The van der Waals surface area contributed by atoms with Gasteiger partial charge in [0, 0.05) is 5.02 Å². The van der Waals surface area contributed by atoms with Crippen LogP contribution in [0.4, 0.5) is 0 Å². The predicted octanol–water partition coefficient (Wildman–Crippen LogP) is 4.76. The molecular formula is C31H25ClN2O6S. The zero-order valence-corrected chi connectivity index (χ0v) is 23.8. The fourth-order valence-corrected chi connectivity index (χ4v) is 5.93. The molecule has 0 aliphatic carbocycles. The van der Waals surface area contributed by atoms with Crippen molar-refractivity contribution in [2.75, 3.05) is 13.4 Å². The van der Waals surface area contributed by atoms with Gasteiger partial charge in [0.15, 0.2) is 16.3 Å². The number of ether oxygens (including phenoxy) is 4. The van der Waals surface area contributed by atoms with Crippen LogP contribution in [0.2, 0.25) is 5.02 Å². The summed E-state index contributed by atoms with van der Waals surface area (Å²) in [6.07, 6.45) is 1.81. The van der Waals surface area contributed by atoms with Crippen molar-refractivity contribution in [3.05, 3.63) is 119 Å². The average molecular weight is 589 g/mol. The van der Waals surface area contributed by atoms with Crippen LogP contribution < -0.4 is 29.1 Å². The van der Waals surface area contributed by atoms with E-state index < -0.39 is 12.0 Å². The molecule has 0 saturated heterocycles. The molecule has 1 atom stereocenters. The van der Waals surface area contributed by atoms with Gasteiger partial charge in [-0.1, -0.05) is 53.3 Å². The van der Waals surface area contributed by atoms with Crippen LogP contribution in [0.5, 0.6) is 17.2 Å². The van der Waals surface area contributed by atoms with Gasteiger partial charge in [0.05, 0.1) is 28.5 Å². The number of benzene rings is 3. The van der Waals surface area contributed by atoms with Gasteiger partial charge in [0.1, 0.15) is 12.4 Å². The van der Waals surface area contributed by atoms with Crippen LogP contribution in [0.1, 0.15) is 36.6 Å². The molecule has 0 N–H and O–H groups in total. The zero-order chi connectivity index (χ0) is 28.5. The highest BCUT2D eigenvalue weighted by atomic mass is 35.5. The van der Waals surface area contributed by atoms with Crippen molar-refractivity contribution in [1.29, 1.82) is 0 Å². The number of esters is 1. The largest absolute Gasteiger partial charge is 0.489 e. The summed E-state index contributed by atoms with van der Waals surface area (Å²) in [5.74, 6) is 1.64. The summed E-state index contributed by atoms with van der Waals surface area (Å²) in [6.45, 7) is 4.32. The van der Waals surface area contributed by atoms with Crippen LogP contribution in [0.25, 0.3) is 6.08 Å². The number of nitrogens with zero attached hydrogens (tertiary/aromatic N) is 2. The summed E-state index contributed by atoms with van der Waals surface area (Å²) in [5.41, 5.74) is 3.13. The number of allylic oxidation sites excluding steroid dienone is 1. The second kappa shape index (κ2) is 11.3. The van der Waals surface area contributed by atoms with Crippen molar-refractivity contribution in [1.82, 2.24) is 4.57 Å². The molecule has 4 aromatic rings. The van der Waals surface area contributed by atoms with Gasteiger partial charge in [-0.05, 0) is 73.0 Å². The molecule has 0 spiro atoms. The summed E-state index contributed by atoms with van der Waals surface area (Å²) in [7, 11) is 0. The van der Waals surface area contributed by atoms with Crippen LogP contribution in [-0.4, -0.2) is 23.9 Å². The molecule has 10 heteroatoms. The lowest BCUT2D eigenvalue weighted by Crippen LogP contribution is -2.39. The van der Waals surface area contributed by atoms with Crippen molar-refractivity contribution in [2.24, 2.45) is 4.99 Å². The Morgan fingerprint density at radius 2 is 1.85 bits per heavy atom. The van der Waals surface area contributed by atoms with E-state index in [2.05, 4.69) is 4.99 Å². The molecule has 0 unspecified atom stereocenters. The maximum atomic E-state index is 13.7. The van der Waals surface area contributed by atoms with Crippen LogP contribution in [0.3, 0.4) is 0 Å². The second-order valence-electron chi connectivity index (χ2n) is 9.40. The number of carbonyl (C=O) groups is 1. The third kappa shape index (κ3) is 5.38. The third-order valence-corrected chi connectivity index (χ3v) is 7.96. The Morgan fingerprint density at radius 1 is 1.10 bits per heavy atom. The minimum absolute atomic E-state index is 0.212. The number of aromatic nitrogens is 1. The molecule has 0 amide bonds. The Balaban J connectivity index is 1.29. The molecule has 41 heavy (non-hydrogen) atoms. The quantitative estimate of drug-likeness (QED) is 0.289. The first kappa shape index (κ1) is 26.9. The van der Waals surface area contributed by atoms with Gasteiger partial charge in [-0.3, -0.25) is 9.36 Å². The second-order valence-corrected chi connectivity index (χ2v) is 10.8. The highest BCUT2D eigenvalue weighted by molar-refractivity contribution is 7.07.